The second-order valence-electron chi connectivity index (χ2n) is 2.45. The topological polar surface area (TPSA) is 46.5 Å². The molecule has 0 spiro atoms. The third-order valence-electron chi connectivity index (χ3n) is 1.45. The van der Waals surface area contributed by atoms with Gasteiger partial charge in [-0.15, -0.1) is 0 Å². The van der Waals surface area contributed by atoms with Gasteiger partial charge in [-0.2, -0.15) is 8.78 Å². The predicted molar refractivity (Wildman–Crippen MR) is 39.9 cm³/mol. The monoisotopic (exact) mass is 224 g/mol. The minimum Gasteiger partial charge on any atom is -0.478 e. The summed E-state index contributed by atoms with van der Waals surface area (Å²) in [6, 6.07) is 0.646. The Balaban J connectivity index is 3.27. The van der Waals surface area contributed by atoms with Crippen LogP contribution in [-0.4, -0.2) is 17.7 Å². The van der Waals surface area contributed by atoms with Gasteiger partial charge in [-0.1, -0.05) is 0 Å². The fourth-order valence-electron chi connectivity index (χ4n) is 0.928. The highest BCUT2D eigenvalue weighted by Crippen LogP contribution is 2.25. The van der Waals surface area contributed by atoms with Gasteiger partial charge >= 0.3 is 12.6 Å². The number of ether oxygens (including phenoxy) is 1. The molecule has 0 amide bonds. The van der Waals surface area contributed by atoms with E-state index in [2.05, 4.69) is 4.74 Å². The maximum Gasteiger partial charge on any atom is 0.387 e. The number of alkyl halides is 2. The van der Waals surface area contributed by atoms with Gasteiger partial charge in [-0.05, 0) is 6.07 Å². The van der Waals surface area contributed by atoms with Crippen molar-refractivity contribution >= 4 is 5.97 Å². The van der Waals surface area contributed by atoms with E-state index in [0.717, 1.165) is 0 Å². The molecule has 0 radical (unpaired) electrons. The number of benzene rings is 1. The summed E-state index contributed by atoms with van der Waals surface area (Å²) in [6.45, 7) is -3.39. The molecule has 0 bridgehead atoms. The third kappa shape index (κ3) is 2.58. The zero-order valence-electron chi connectivity index (χ0n) is 7.01. The standard InChI is InChI=1S/C8H4F4O3/c9-3-1-4(7(13)14)6(5(10)2-3)15-8(11)12/h1-2,8H,(H,13,14). The summed E-state index contributed by atoms with van der Waals surface area (Å²) < 4.78 is 52.6. The molecule has 1 N–H and O–H groups in total. The maximum absolute atomic E-state index is 12.9. The van der Waals surface area contributed by atoms with Gasteiger partial charge in [0.05, 0.1) is 0 Å². The number of carboxylic acid groups (broad SMARTS) is 1. The Kier molecular flexibility index (Phi) is 3.13. The van der Waals surface area contributed by atoms with E-state index in [9.17, 15) is 22.4 Å². The quantitative estimate of drug-likeness (QED) is 0.801. The molecule has 15 heavy (non-hydrogen) atoms. The molecule has 1 aromatic carbocycles. The van der Waals surface area contributed by atoms with E-state index in [1.165, 1.54) is 0 Å². The van der Waals surface area contributed by atoms with Crippen LogP contribution in [0.2, 0.25) is 0 Å². The second kappa shape index (κ2) is 4.16. The Hall–Kier alpha value is -1.79. The van der Waals surface area contributed by atoms with Gasteiger partial charge in [0.25, 0.3) is 0 Å². The van der Waals surface area contributed by atoms with Gasteiger partial charge in [0.15, 0.2) is 11.6 Å². The van der Waals surface area contributed by atoms with Crippen LogP contribution >= 0.6 is 0 Å². The minimum atomic E-state index is -3.39. The Morgan fingerprint density at radius 3 is 2.40 bits per heavy atom. The lowest BCUT2D eigenvalue weighted by Crippen LogP contribution is -2.10. The van der Waals surface area contributed by atoms with Gasteiger partial charge in [-0.3, -0.25) is 0 Å². The minimum absolute atomic E-state index is 0.254. The molecular weight excluding hydrogens is 220 g/mol. The first kappa shape index (κ1) is 11.3. The molecule has 0 heterocycles. The van der Waals surface area contributed by atoms with Crippen LogP contribution in [0, 0.1) is 11.6 Å². The molecule has 7 heteroatoms. The van der Waals surface area contributed by atoms with Crippen molar-refractivity contribution in [3.63, 3.8) is 0 Å². The summed E-state index contributed by atoms with van der Waals surface area (Å²) in [5, 5.41) is 8.47. The summed E-state index contributed by atoms with van der Waals surface area (Å²) in [6.07, 6.45) is 0. The number of halogens is 4. The van der Waals surface area contributed by atoms with Gasteiger partial charge < -0.3 is 9.84 Å². The Labute approximate surface area is 80.9 Å². The zero-order chi connectivity index (χ0) is 11.6. The Morgan fingerprint density at radius 2 is 1.93 bits per heavy atom. The van der Waals surface area contributed by atoms with Crippen LogP contribution in [-0.2, 0) is 0 Å². The van der Waals surface area contributed by atoms with Crippen molar-refractivity contribution in [2.45, 2.75) is 6.61 Å². The number of hydrogen-bond acceptors (Lipinski definition) is 2. The lowest BCUT2D eigenvalue weighted by molar-refractivity contribution is -0.0527. The highest BCUT2D eigenvalue weighted by atomic mass is 19.3. The highest BCUT2D eigenvalue weighted by molar-refractivity contribution is 5.90. The molecule has 0 aliphatic heterocycles. The molecule has 0 atom stereocenters. The van der Waals surface area contributed by atoms with Crippen LogP contribution in [0.4, 0.5) is 17.6 Å². The average molecular weight is 224 g/mol. The molecule has 0 aliphatic carbocycles. The normalized spacial score (nSPS) is 10.5. The summed E-state index contributed by atoms with van der Waals surface area (Å²) in [5.74, 6) is -5.62. The maximum atomic E-state index is 12.9. The van der Waals surface area contributed by atoms with E-state index in [1.54, 1.807) is 0 Å². The summed E-state index contributed by atoms with van der Waals surface area (Å²) >= 11 is 0. The van der Waals surface area contributed by atoms with E-state index in [-0.39, 0.29) is 6.07 Å². The predicted octanol–water partition coefficient (Wildman–Crippen LogP) is 2.26. The second-order valence-corrected chi connectivity index (χ2v) is 2.45. The number of aromatic carboxylic acids is 1. The van der Waals surface area contributed by atoms with E-state index < -0.39 is 35.5 Å². The van der Waals surface area contributed by atoms with Crippen molar-refractivity contribution in [2.75, 3.05) is 0 Å². The van der Waals surface area contributed by atoms with Gasteiger partial charge in [0.1, 0.15) is 11.4 Å². The van der Waals surface area contributed by atoms with E-state index in [1.807, 2.05) is 0 Å². The Morgan fingerprint density at radius 1 is 1.33 bits per heavy atom. The lowest BCUT2D eigenvalue weighted by Gasteiger charge is -2.08. The lowest BCUT2D eigenvalue weighted by atomic mass is 10.2. The molecule has 1 rings (SSSR count). The van der Waals surface area contributed by atoms with Crippen LogP contribution in [0.3, 0.4) is 0 Å². The molecule has 1 aromatic rings. The molecule has 3 nitrogen and oxygen atoms in total. The highest BCUT2D eigenvalue weighted by Gasteiger charge is 2.21. The fraction of sp³-hybridized carbons (Fsp3) is 0.125. The zero-order valence-corrected chi connectivity index (χ0v) is 7.01. The average Bonchev–Trinajstić information content (AvgIpc) is 2.08. The molecule has 82 valence electrons. The van der Waals surface area contributed by atoms with Crippen LogP contribution in [0.5, 0.6) is 5.75 Å². The number of rotatable bonds is 3. The van der Waals surface area contributed by atoms with Gasteiger partial charge in [0, 0.05) is 6.07 Å². The van der Waals surface area contributed by atoms with Crippen LogP contribution < -0.4 is 4.74 Å². The van der Waals surface area contributed by atoms with Crippen molar-refractivity contribution in [3.8, 4) is 5.75 Å². The number of carboxylic acids is 1. The molecule has 0 unspecified atom stereocenters. The molecular formula is C8H4F4O3. The van der Waals surface area contributed by atoms with Crippen molar-refractivity contribution in [2.24, 2.45) is 0 Å². The molecule has 0 aromatic heterocycles. The van der Waals surface area contributed by atoms with Crippen molar-refractivity contribution in [1.29, 1.82) is 0 Å². The summed E-state index contributed by atoms with van der Waals surface area (Å²) in [7, 11) is 0. The van der Waals surface area contributed by atoms with Gasteiger partial charge in [-0.25, -0.2) is 13.6 Å². The van der Waals surface area contributed by atoms with Crippen LogP contribution in [0.15, 0.2) is 12.1 Å². The van der Waals surface area contributed by atoms with E-state index >= 15 is 0 Å². The first-order valence-electron chi connectivity index (χ1n) is 3.59. The first-order chi connectivity index (χ1) is 6.91. The number of carbonyl (C=O) groups is 1. The number of hydrogen-bond donors (Lipinski definition) is 1. The van der Waals surface area contributed by atoms with Crippen LogP contribution in [0.1, 0.15) is 10.4 Å². The van der Waals surface area contributed by atoms with Crippen molar-refractivity contribution in [1.82, 2.24) is 0 Å². The largest absolute Gasteiger partial charge is 0.478 e. The summed E-state index contributed by atoms with van der Waals surface area (Å²) in [5.41, 5.74) is -0.993. The molecule has 0 aliphatic rings. The SMILES string of the molecule is O=C(O)c1cc(F)cc(F)c1OC(F)F. The first-order valence-corrected chi connectivity index (χ1v) is 3.59. The van der Waals surface area contributed by atoms with E-state index in [4.69, 9.17) is 5.11 Å². The van der Waals surface area contributed by atoms with Crippen LogP contribution in [0.25, 0.3) is 0 Å². The molecule has 0 saturated carbocycles. The smallest absolute Gasteiger partial charge is 0.387 e. The third-order valence-corrected chi connectivity index (χ3v) is 1.45. The molecule has 0 saturated heterocycles. The summed E-state index contributed by atoms with van der Waals surface area (Å²) in [4.78, 5) is 10.4. The van der Waals surface area contributed by atoms with E-state index in [0.29, 0.717) is 6.07 Å². The fourth-order valence-corrected chi connectivity index (χ4v) is 0.928. The van der Waals surface area contributed by atoms with Gasteiger partial charge in [0.2, 0.25) is 0 Å². The Bertz CT molecular complexity index is 392. The molecule has 0 fully saturated rings. The van der Waals surface area contributed by atoms with Crippen molar-refractivity contribution < 1.29 is 32.2 Å². The van der Waals surface area contributed by atoms with Crippen molar-refractivity contribution in [3.05, 3.63) is 29.3 Å².